The summed E-state index contributed by atoms with van der Waals surface area (Å²) in [5.74, 6) is 1.27. The lowest BCUT2D eigenvalue weighted by Crippen LogP contribution is -2.21. The number of furan rings is 1. The van der Waals surface area contributed by atoms with Crippen LogP contribution in [-0.4, -0.2) is 28.6 Å². The fraction of sp³-hybridized carbons (Fsp3) is 0.111. The molecule has 0 saturated heterocycles. The minimum atomic E-state index is 0.529. The first-order valence-electron chi connectivity index (χ1n) is 10.8. The van der Waals surface area contributed by atoms with Gasteiger partial charge in [0.25, 0.3) is 0 Å². The van der Waals surface area contributed by atoms with Crippen LogP contribution in [0.3, 0.4) is 0 Å². The van der Waals surface area contributed by atoms with Gasteiger partial charge in [-0.05, 0) is 43.3 Å². The molecule has 0 fully saturated rings. The zero-order valence-corrected chi connectivity index (χ0v) is 18.4. The van der Waals surface area contributed by atoms with Gasteiger partial charge in [0.1, 0.15) is 11.3 Å². The van der Waals surface area contributed by atoms with Crippen molar-refractivity contribution in [1.29, 1.82) is 0 Å². The predicted octanol–water partition coefficient (Wildman–Crippen LogP) is 6.32. The Balaban J connectivity index is 1.35. The van der Waals surface area contributed by atoms with Gasteiger partial charge in [0.05, 0.1) is 12.4 Å². The lowest BCUT2D eigenvalue weighted by molar-refractivity contribution is 0.463. The summed E-state index contributed by atoms with van der Waals surface area (Å²) in [7, 11) is 2.05. The van der Waals surface area contributed by atoms with E-state index >= 15 is 0 Å². The first-order chi connectivity index (χ1) is 16.1. The minimum absolute atomic E-state index is 0.529. The molecule has 5 aromatic rings. The number of anilines is 1. The van der Waals surface area contributed by atoms with Gasteiger partial charge in [-0.2, -0.15) is 0 Å². The quantitative estimate of drug-likeness (QED) is 0.330. The number of aromatic nitrogens is 2. The van der Waals surface area contributed by atoms with Crippen molar-refractivity contribution < 1.29 is 9.15 Å². The van der Waals surface area contributed by atoms with Crippen LogP contribution in [-0.2, 0) is 0 Å². The van der Waals surface area contributed by atoms with Gasteiger partial charge in [-0.25, -0.2) is 9.97 Å². The van der Waals surface area contributed by atoms with E-state index in [1.165, 1.54) is 0 Å². The number of benzene rings is 2. The third-order valence-corrected chi connectivity index (χ3v) is 5.75. The summed E-state index contributed by atoms with van der Waals surface area (Å²) < 4.78 is 12.3. The van der Waals surface area contributed by atoms with Crippen molar-refractivity contribution in [2.45, 2.75) is 6.92 Å². The lowest BCUT2D eigenvalue weighted by atomic mass is 10.1. The molecule has 1 aliphatic rings. The molecule has 0 bridgehead atoms. The number of aryl methyl sites for hydroxylation is 1. The number of hydrogen-bond donors (Lipinski definition) is 0. The van der Waals surface area contributed by atoms with E-state index in [9.17, 15) is 0 Å². The molecule has 33 heavy (non-hydrogen) atoms. The second-order valence-corrected chi connectivity index (χ2v) is 8.22. The van der Waals surface area contributed by atoms with Crippen LogP contribution < -0.4 is 9.64 Å². The Hall–Kier alpha value is -4.32. The van der Waals surface area contributed by atoms with Crippen LogP contribution in [0.15, 0.2) is 89.6 Å². The molecular formula is C27H22N4O2. The van der Waals surface area contributed by atoms with Crippen LogP contribution in [0, 0.1) is 6.92 Å². The number of fused-ring (bicyclic) bond motifs is 3. The highest BCUT2D eigenvalue weighted by Gasteiger charge is 2.15. The molecule has 0 atom stereocenters. The molecule has 3 aromatic heterocycles. The fourth-order valence-corrected chi connectivity index (χ4v) is 4.14. The maximum absolute atomic E-state index is 6.15. The highest BCUT2D eigenvalue weighted by molar-refractivity contribution is 6.08. The van der Waals surface area contributed by atoms with E-state index in [1.54, 1.807) is 0 Å². The van der Waals surface area contributed by atoms with E-state index in [0.717, 1.165) is 51.4 Å². The van der Waals surface area contributed by atoms with Gasteiger partial charge in [0.15, 0.2) is 0 Å². The van der Waals surface area contributed by atoms with Gasteiger partial charge in [0, 0.05) is 59.3 Å². The van der Waals surface area contributed by atoms with Gasteiger partial charge in [-0.3, -0.25) is 0 Å². The monoisotopic (exact) mass is 434 g/mol. The molecule has 1 aliphatic heterocycles. The van der Waals surface area contributed by atoms with E-state index in [-0.39, 0.29) is 0 Å². The third-order valence-electron chi connectivity index (χ3n) is 5.75. The summed E-state index contributed by atoms with van der Waals surface area (Å²) in [6.45, 7) is 2.77. The van der Waals surface area contributed by atoms with Gasteiger partial charge in [0.2, 0.25) is 11.6 Å². The molecule has 0 amide bonds. The van der Waals surface area contributed by atoms with Gasteiger partial charge in [-0.1, -0.05) is 24.3 Å². The second kappa shape index (κ2) is 7.67. The summed E-state index contributed by atoms with van der Waals surface area (Å²) in [5.41, 5.74) is 5.11. The average Bonchev–Trinajstić information content (AvgIpc) is 3.42. The molecule has 6 rings (SSSR count). The molecule has 0 radical (unpaired) electrons. The zero-order chi connectivity index (χ0) is 22.4. The summed E-state index contributed by atoms with van der Waals surface area (Å²) in [5, 5.41) is 2.03. The molecule has 6 heteroatoms. The summed E-state index contributed by atoms with van der Waals surface area (Å²) in [6, 6.07) is 23.9. The van der Waals surface area contributed by atoms with Crippen LogP contribution in [0.4, 0.5) is 5.69 Å². The van der Waals surface area contributed by atoms with E-state index in [2.05, 4.69) is 39.2 Å². The van der Waals surface area contributed by atoms with Crippen molar-refractivity contribution in [1.82, 2.24) is 14.9 Å². The molecule has 4 heterocycles. The highest BCUT2D eigenvalue weighted by Crippen LogP contribution is 2.35. The van der Waals surface area contributed by atoms with Crippen molar-refractivity contribution in [2.24, 2.45) is 0 Å². The van der Waals surface area contributed by atoms with Crippen LogP contribution in [0.2, 0.25) is 0 Å². The fourth-order valence-electron chi connectivity index (χ4n) is 4.14. The Labute approximate surface area is 191 Å². The van der Waals surface area contributed by atoms with Gasteiger partial charge < -0.3 is 19.0 Å². The molecule has 0 N–H and O–H groups in total. The zero-order valence-electron chi connectivity index (χ0n) is 18.4. The number of para-hydroxylation sites is 1. The van der Waals surface area contributed by atoms with Gasteiger partial charge in [-0.15, -0.1) is 0 Å². The molecule has 0 saturated carbocycles. The van der Waals surface area contributed by atoms with E-state index in [1.807, 2.05) is 74.8 Å². The maximum Gasteiger partial charge on any atom is 0.227 e. The molecule has 6 nitrogen and oxygen atoms in total. The molecule has 0 aliphatic carbocycles. The highest BCUT2D eigenvalue weighted by atomic mass is 16.5. The van der Waals surface area contributed by atoms with Crippen LogP contribution in [0.25, 0.3) is 33.3 Å². The molecule has 162 valence electrons. The molecule has 0 unspecified atom stereocenters. The van der Waals surface area contributed by atoms with Crippen molar-refractivity contribution in [3.63, 3.8) is 0 Å². The summed E-state index contributed by atoms with van der Waals surface area (Å²) in [4.78, 5) is 13.6. The lowest BCUT2D eigenvalue weighted by Gasteiger charge is -2.18. The first-order valence-corrected chi connectivity index (χ1v) is 10.8. The second-order valence-electron chi connectivity index (χ2n) is 8.22. The SMILES string of the molecule is Cc1ccc2c(n1)oc1c(-c3cccc(Oc4cccc(N5C=CN(C)C5)c4)n3)cccc12. The Kier molecular flexibility index (Phi) is 4.50. The van der Waals surface area contributed by atoms with Crippen molar-refractivity contribution in [3.05, 3.63) is 90.9 Å². The Morgan fingerprint density at radius 2 is 1.76 bits per heavy atom. The topological polar surface area (TPSA) is 54.6 Å². The van der Waals surface area contributed by atoms with Crippen LogP contribution in [0.1, 0.15) is 5.69 Å². The Bertz CT molecular complexity index is 1520. The van der Waals surface area contributed by atoms with Gasteiger partial charge >= 0.3 is 0 Å². The third kappa shape index (κ3) is 3.55. The maximum atomic E-state index is 6.15. The minimum Gasteiger partial charge on any atom is -0.439 e. The summed E-state index contributed by atoms with van der Waals surface area (Å²) in [6.07, 6.45) is 4.11. The van der Waals surface area contributed by atoms with Crippen molar-refractivity contribution in [3.8, 4) is 22.9 Å². The van der Waals surface area contributed by atoms with Crippen LogP contribution in [0.5, 0.6) is 11.6 Å². The number of nitrogens with zero attached hydrogens (tertiary/aromatic N) is 4. The summed E-state index contributed by atoms with van der Waals surface area (Å²) >= 11 is 0. The van der Waals surface area contributed by atoms with E-state index in [0.29, 0.717) is 11.6 Å². The molecular weight excluding hydrogens is 412 g/mol. The average molecular weight is 434 g/mol. The first kappa shape index (κ1) is 19.4. The molecule has 0 spiro atoms. The Morgan fingerprint density at radius 3 is 2.64 bits per heavy atom. The number of rotatable bonds is 4. The molecule has 2 aromatic carbocycles. The standard InChI is InChI=1S/C27H22N4O2/c1-18-12-13-22-21-8-4-9-23(26(21)33-27(22)28-18)24-10-5-11-25(29-24)32-20-7-3-6-19(16-20)31-15-14-30(2)17-31/h3-16H,17H2,1-2H3. The van der Waals surface area contributed by atoms with Crippen molar-refractivity contribution in [2.75, 3.05) is 18.6 Å². The smallest absolute Gasteiger partial charge is 0.227 e. The number of hydrogen-bond acceptors (Lipinski definition) is 6. The number of ether oxygens (including phenoxy) is 1. The van der Waals surface area contributed by atoms with Crippen LogP contribution >= 0.6 is 0 Å². The number of pyridine rings is 2. The normalized spacial score (nSPS) is 13.4. The van der Waals surface area contributed by atoms with Crippen molar-refractivity contribution >= 4 is 27.8 Å². The van der Waals surface area contributed by atoms with E-state index < -0.39 is 0 Å². The predicted molar refractivity (Wildman–Crippen MR) is 130 cm³/mol. The Morgan fingerprint density at radius 1 is 0.879 bits per heavy atom. The largest absolute Gasteiger partial charge is 0.439 e. The van der Waals surface area contributed by atoms with E-state index in [4.69, 9.17) is 14.1 Å².